The molecule has 2 aliphatic heterocycles. The molecule has 3 atom stereocenters. The van der Waals surface area contributed by atoms with Crippen molar-refractivity contribution in [1.29, 1.82) is 0 Å². The fourth-order valence-electron chi connectivity index (χ4n) is 6.30. The molecule has 35 heavy (non-hydrogen) atoms. The number of likely N-dealkylation sites (tertiary alicyclic amines) is 1. The van der Waals surface area contributed by atoms with Crippen molar-refractivity contribution in [3.63, 3.8) is 0 Å². The number of piperazine rings is 1. The summed E-state index contributed by atoms with van der Waals surface area (Å²) in [5, 5.41) is 14.2. The number of aryl methyl sites for hydroxylation is 1. The lowest BCUT2D eigenvalue weighted by Gasteiger charge is -2.37. The quantitative estimate of drug-likeness (QED) is 0.712. The van der Waals surface area contributed by atoms with Crippen LogP contribution < -0.4 is 4.90 Å². The number of benzene rings is 1. The van der Waals surface area contributed by atoms with Crippen LogP contribution in [0.1, 0.15) is 51.6 Å². The number of carbonyl (C=O) groups excluding carboxylic acids is 2. The summed E-state index contributed by atoms with van der Waals surface area (Å²) in [5.74, 6) is 1.26. The largest absolute Gasteiger partial charge is 0.396 e. The van der Waals surface area contributed by atoms with Gasteiger partial charge >= 0.3 is 0 Å². The van der Waals surface area contributed by atoms with Crippen molar-refractivity contribution in [1.82, 2.24) is 19.6 Å². The molecule has 1 aromatic carbocycles. The van der Waals surface area contributed by atoms with Crippen molar-refractivity contribution in [3.8, 4) is 0 Å². The van der Waals surface area contributed by atoms with Gasteiger partial charge in [0.1, 0.15) is 6.54 Å². The summed E-state index contributed by atoms with van der Waals surface area (Å²) in [7, 11) is 0. The molecule has 0 radical (unpaired) electrons. The highest BCUT2D eigenvalue weighted by Crippen LogP contribution is 2.57. The molecule has 8 heteroatoms. The minimum Gasteiger partial charge on any atom is -0.396 e. The predicted octanol–water partition coefficient (Wildman–Crippen LogP) is 1.96. The van der Waals surface area contributed by atoms with E-state index in [0.717, 1.165) is 43.6 Å². The highest BCUT2D eigenvalue weighted by atomic mass is 16.3. The number of carbonyl (C=O) groups is 2. The topological polar surface area (TPSA) is 81.9 Å². The molecule has 3 fully saturated rings. The van der Waals surface area contributed by atoms with E-state index in [4.69, 9.17) is 5.10 Å². The normalized spacial score (nSPS) is 25.1. The Labute approximate surface area is 206 Å². The van der Waals surface area contributed by atoms with Gasteiger partial charge in [0, 0.05) is 68.7 Å². The zero-order valence-corrected chi connectivity index (χ0v) is 20.7. The molecule has 4 aliphatic rings. The summed E-state index contributed by atoms with van der Waals surface area (Å²) in [4.78, 5) is 32.7. The molecule has 1 N–H and O–H groups in total. The second-order valence-corrected chi connectivity index (χ2v) is 10.8. The highest BCUT2D eigenvalue weighted by molar-refractivity contribution is 5.95. The minimum absolute atomic E-state index is 0.0295. The van der Waals surface area contributed by atoms with Gasteiger partial charge in [0.15, 0.2) is 5.69 Å². The zero-order chi connectivity index (χ0) is 24.3. The van der Waals surface area contributed by atoms with Gasteiger partial charge in [-0.25, -0.2) is 0 Å². The van der Waals surface area contributed by atoms with Gasteiger partial charge in [-0.3, -0.25) is 14.3 Å². The number of aromatic nitrogens is 2. The van der Waals surface area contributed by atoms with Crippen LogP contribution in [0.2, 0.25) is 0 Å². The van der Waals surface area contributed by atoms with Crippen LogP contribution in [0, 0.1) is 25.7 Å². The lowest BCUT2D eigenvalue weighted by atomic mass is 10.1. The van der Waals surface area contributed by atoms with Crippen molar-refractivity contribution in [3.05, 3.63) is 46.3 Å². The molecule has 1 saturated carbocycles. The third-order valence-corrected chi connectivity index (χ3v) is 8.72. The second-order valence-electron chi connectivity index (χ2n) is 10.8. The number of anilines is 1. The molecule has 186 valence electrons. The monoisotopic (exact) mass is 477 g/mol. The van der Waals surface area contributed by atoms with E-state index in [1.54, 1.807) is 0 Å². The first-order valence-electron chi connectivity index (χ1n) is 13.0. The zero-order valence-electron chi connectivity index (χ0n) is 20.7. The fraction of sp³-hybridized carbons (Fsp3) is 0.593. The molecule has 6 rings (SSSR count). The molecule has 1 aromatic heterocycles. The number of fused-ring (bicyclic) bond motifs is 3. The van der Waals surface area contributed by atoms with Gasteiger partial charge in [-0.05, 0) is 62.1 Å². The second kappa shape index (κ2) is 8.66. The molecule has 2 aliphatic carbocycles. The Hall–Kier alpha value is -2.87. The number of hydrogen-bond acceptors (Lipinski definition) is 5. The van der Waals surface area contributed by atoms with Crippen LogP contribution in [0.3, 0.4) is 0 Å². The molecule has 8 nitrogen and oxygen atoms in total. The Morgan fingerprint density at radius 3 is 2.63 bits per heavy atom. The van der Waals surface area contributed by atoms with E-state index >= 15 is 0 Å². The average molecular weight is 478 g/mol. The van der Waals surface area contributed by atoms with E-state index in [1.807, 2.05) is 14.5 Å². The lowest BCUT2D eigenvalue weighted by molar-refractivity contribution is -0.132. The number of amides is 2. The SMILES string of the molecule is Cc1cccc(N2CCN(C(=O)Cn3nc(C(=O)N4CC[C@@H](CO)C4)c4c3C[C@H]3C[C@@H]43)CC2)c1C. The van der Waals surface area contributed by atoms with E-state index in [0.29, 0.717) is 43.7 Å². The molecule has 2 aromatic rings. The Kier molecular flexibility index (Phi) is 5.59. The van der Waals surface area contributed by atoms with Crippen molar-refractivity contribution in [2.75, 3.05) is 50.8 Å². The Balaban J connectivity index is 1.14. The van der Waals surface area contributed by atoms with E-state index in [9.17, 15) is 14.7 Å². The molecule has 3 heterocycles. The van der Waals surface area contributed by atoms with Gasteiger partial charge in [-0.1, -0.05) is 12.1 Å². The summed E-state index contributed by atoms with van der Waals surface area (Å²) in [5.41, 5.74) is 6.59. The summed E-state index contributed by atoms with van der Waals surface area (Å²) >= 11 is 0. The maximum atomic E-state index is 13.3. The number of aliphatic hydroxyl groups is 1. The summed E-state index contributed by atoms with van der Waals surface area (Å²) in [6.45, 7) is 8.92. The van der Waals surface area contributed by atoms with Gasteiger partial charge in [-0.2, -0.15) is 5.10 Å². The van der Waals surface area contributed by atoms with Crippen molar-refractivity contribution < 1.29 is 14.7 Å². The average Bonchev–Trinajstić information content (AvgIpc) is 3.20. The van der Waals surface area contributed by atoms with Crippen LogP contribution >= 0.6 is 0 Å². The van der Waals surface area contributed by atoms with E-state index in [1.165, 1.54) is 16.8 Å². The first kappa shape index (κ1) is 22.6. The Morgan fingerprint density at radius 1 is 1.09 bits per heavy atom. The van der Waals surface area contributed by atoms with Crippen molar-refractivity contribution >= 4 is 17.5 Å². The maximum absolute atomic E-state index is 13.3. The van der Waals surface area contributed by atoms with Gasteiger partial charge in [0.25, 0.3) is 5.91 Å². The van der Waals surface area contributed by atoms with Crippen molar-refractivity contribution in [2.45, 2.75) is 45.6 Å². The summed E-state index contributed by atoms with van der Waals surface area (Å²) in [6.07, 6.45) is 2.89. The molecule has 0 bridgehead atoms. The van der Waals surface area contributed by atoms with Crippen LogP contribution in [0.5, 0.6) is 0 Å². The molecule has 2 saturated heterocycles. The van der Waals surface area contributed by atoms with Crippen molar-refractivity contribution in [2.24, 2.45) is 11.8 Å². The summed E-state index contributed by atoms with van der Waals surface area (Å²) in [6, 6.07) is 6.40. The van der Waals surface area contributed by atoms with Gasteiger partial charge in [0.05, 0.1) is 0 Å². The number of nitrogens with zero attached hydrogens (tertiary/aromatic N) is 5. The van der Waals surface area contributed by atoms with Crippen LogP contribution in [-0.4, -0.2) is 82.4 Å². The van der Waals surface area contributed by atoms with Crippen LogP contribution in [0.4, 0.5) is 5.69 Å². The van der Waals surface area contributed by atoms with Gasteiger partial charge in [0.2, 0.25) is 5.91 Å². The summed E-state index contributed by atoms with van der Waals surface area (Å²) < 4.78 is 1.83. The first-order valence-corrected chi connectivity index (χ1v) is 13.0. The molecule has 2 amide bonds. The molecular weight excluding hydrogens is 442 g/mol. The highest BCUT2D eigenvalue weighted by Gasteiger charge is 2.50. The standard InChI is InChI=1S/C27H35N5O3/c1-17-4-3-5-22(18(17)2)29-8-10-30(11-9-29)24(34)15-32-23-13-20-12-21(20)25(23)26(28-32)27(35)31-7-6-19(14-31)16-33/h3-5,19-21,33H,6-16H2,1-2H3/t19-,20-,21-/m1/s1. The van der Waals surface area contributed by atoms with Gasteiger partial charge < -0.3 is 19.8 Å². The minimum atomic E-state index is -0.0295. The van der Waals surface area contributed by atoms with E-state index < -0.39 is 0 Å². The van der Waals surface area contributed by atoms with Gasteiger partial charge in [-0.15, -0.1) is 0 Å². The predicted molar refractivity (Wildman–Crippen MR) is 133 cm³/mol. The third-order valence-electron chi connectivity index (χ3n) is 8.72. The Bertz CT molecular complexity index is 1170. The number of rotatable bonds is 5. The molecule has 0 spiro atoms. The number of aliphatic hydroxyl groups excluding tert-OH is 1. The smallest absolute Gasteiger partial charge is 0.274 e. The van der Waals surface area contributed by atoms with E-state index in [2.05, 4.69) is 36.9 Å². The van der Waals surface area contributed by atoms with Crippen LogP contribution in [0.15, 0.2) is 18.2 Å². The Morgan fingerprint density at radius 2 is 1.89 bits per heavy atom. The van der Waals surface area contributed by atoms with Crippen LogP contribution in [-0.2, 0) is 17.8 Å². The number of hydrogen-bond donors (Lipinski definition) is 1. The first-order chi connectivity index (χ1) is 16.9. The molecule has 0 unspecified atom stereocenters. The van der Waals surface area contributed by atoms with E-state index in [-0.39, 0.29) is 30.9 Å². The lowest BCUT2D eigenvalue weighted by Crippen LogP contribution is -2.50. The van der Waals surface area contributed by atoms with Crippen LogP contribution in [0.25, 0.3) is 0 Å². The fourth-order valence-corrected chi connectivity index (χ4v) is 6.30. The molecular formula is C27H35N5O3. The maximum Gasteiger partial charge on any atom is 0.274 e. The third kappa shape index (κ3) is 3.92.